The van der Waals surface area contributed by atoms with Gasteiger partial charge >= 0.3 is 0 Å². The van der Waals surface area contributed by atoms with E-state index in [1.165, 1.54) is 18.5 Å². The van der Waals surface area contributed by atoms with Crippen molar-refractivity contribution < 1.29 is 0 Å². The molecule has 3 heteroatoms. The smallest absolute Gasteiger partial charge is 0.0556 e. The summed E-state index contributed by atoms with van der Waals surface area (Å²) >= 11 is 0. The first-order chi connectivity index (χ1) is 8.24. The summed E-state index contributed by atoms with van der Waals surface area (Å²) in [7, 11) is 0. The van der Waals surface area contributed by atoms with E-state index in [2.05, 4.69) is 48.9 Å². The summed E-state index contributed by atoms with van der Waals surface area (Å²) in [6.07, 6.45) is 5.56. The minimum atomic E-state index is 0.439. The molecule has 0 saturated carbocycles. The standard InChI is InChI=1S/C14H27N3/c1-5-8-12(4)14(15-7-3)13-9-10-16-17(13)11-6-2/h9-10,12,14-15H,5-8,11H2,1-4H3. The molecule has 0 amide bonds. The molecule has 0 aromatic carbocycles. The predicted octanol–water partition coefficient (Wildman–Crippen LogP) is 3.38. The van der Waals surface area contributed by atoms with E-state index in [0.29, 0.717) is 12.0 Å². The van der Waals surface area contributed by atoms with E-state index in [0.717, 1.165) is 19.5 Å². The Kier molecular flexibility index (Phi) is 6.27. The Morgan fingerprint density at radius 3 is 2.65 bits per heavy atom. The normalized spacial score (nSPS) is 14.8. The van der Waals surface area contributed by atoms with Gasteiger partial charge in [-0.3, -0.25) is 4.68 Å². The van der Waals surface area contributed by atoms with Crippen LogP contribution in [0, 0.1) is 5.92 Å². The molecule has 0 spiro atoms. The van der Waals surface area contributed by atoms with Gasteiger partial charge in [0.1, 0.15) is 0 Å². The van der Waals surface area contributed by atoms with Crippen LogP contribution >= 0.6 is 0 Å². The van der Waals surface area contributed by atoms with Gasteiger partial charge in [-0.1, -0.05) is 34.1 Å². The molecule has 0 aliphatic heterocycles. The molecule has 0 bridgehead atoms. The summed E-state index contributed by atoms with van der Waals surface area (Å²) in [6.45, 7) is 11.0. The Morgan fingerprint density at radius 2 is 2.06 bits per heavy atom. The molecule has 1 heterocycles. The van der Waals surface area contributed by atoms with Crippen molar-refractivity contribution in [2.24, 2.45) is 5.92 Å². The van der Waals surface area contributed by atoms with Gasteiger partial charge in [0.2, 0.25) is 0 Å². The SMILES string of the molecule is CCCC(C)C(NCC)c1ccnn1CCC. The van der Waals surface area contributed by atoms with E-state index in [-0.39, 0.29) is 0 Å². The van der Waals surface area contributed by atoms with Gasteiger partial charge in [-0.2, -0.15) is 5.10 Å². The third-order valence-electron chi connectivity index (χ3n) is 3.24. The van der Waals surface area contributed by atoms with Crippen LogP contribution in [0.25, 0.3) is 0 Å². The van der Waals surface area contributed by atoms with Crippen molar-refractivity contribution in [1.29, 1.82) is 0 Å². The Balaban J connectivity index is 2.84. The first-order valence-electron chi connectivity index (χ1n) is 6.99. The van der Waals surface area contributed by atoms with E-state index in [1.54, 1.807) is 0 Å². The molecule has 2 atom stereocenters. The lowest BCUT2D eigenvalue weighted by Gasteiger charge is -2.25. The van der Waals surface area contributed by atoms with Crippen molar-refractivity contribution >= 4 is 0 Å². The molecule has 0 saturated heterocycles. The van der Waals surface area contributed by atoms with Crippen molar-refractivity contribution in [3.8, 4) is 0 Å². The number of nitrogens with zero attached hydrogens (tertiary/aromatic N) is 2. The molecule has 1 N–H and O–H groups in total. The molecular weight excluding hydrogens is 210 g/mol. The van der Waals surface area contributed by atoms with Crippen LogP contribution in [-0.2, 0) is 6.54 Å². The number of hydrogen-bond acceptors (Lipinski definition) is 2. The third-order valence-corrected chi connectivity index (χ3v) is 3.24. The van der Waals surface area contributed by atoms with Crippen LogP contribution in [0.3, 0.4) is 0 Å². The minimum absolute atomic E-state index is 0.439. The van der Waals surface area contributed by atoms with Crippen molar-refractivity contribution in [2.45, 2.75) is 59.5 Å². The maximum atomic E-state index is 4.43. The second-order valence-electron chi connectivity index (χ2n) is 4.78. The van der Waals surface area contributed by atoms with Crippen LogP contribution in [0.15, 0.2) is 12.3 Å². The topological polar surface area (TPSA) is 29.9 Å². The highest BCUT2D eigenvalue weighted by molar-refractivity contribution is 5.08. The van der Waals surface area contributed by atoms with Gasteiger partial charge in [0, 0.05) is 12.7 Å². The van der Waals surface area contributed by atoms with Gasteiger partial charge < -0.3 is 5.32 Å². The largest absolute Gasteiger partial charge is 0.309 e. The zero-order valence-electron chi connectivity index (χ0n) is 11.7. The van der Waals surface area contributed by atoms with Crippen molar-refractivity contribution in [3.63, 3.8) is 0 Å². The minimum Gasteiger partial charge on any atom is -0.309 e. The fourth-order valence-electron chi connectivity index (χ4n) is 2.44. The number of rotatable bonds is 8. The molecule has 1 aromatic rings. The van der Waals surface area contributed by atoms with Crippen molar-refractivity contribution in [1.82, 2.24) is 15.1 Å². The van der Waals surface area contributed by atoms with Crippen molar-refractivity contribution in [3.05, 3.63) is 18.0 Å². The van der Waals surface area contributed by atoms with Gasteiger partial charge in [0.15, 0.2) is 0 Å². The first kappa shape index (κ1) is 14.2. The van der Waals surface area contributed by atoms with Crippen LogP contribution in [0.4, 0.5) is 0 Å². The molecule has 2 unspecified atom stereocenters. The van der Waals surface area contributed by atoms with Gasteiger partial charge in [-0.05, 0) is 31.4 Å². The Bertz CT molecular complexity index is 306. The molecule has 1 rings (SSSR count). The maximum Gasteiger partial charge on any atom is 0.0556 e. The van der Waals surface area contributed by atoms with Gasteiger partial charge in [-0.25, -0.2) is 0 Å². The first-order valence-corrected chi connectivity index (χ1v) is 6.99. The van der Waals surface area contributed by atoms with E-state index < -0.39 is 0 Å². The summed E-state index contributed by atoms with van der Waals surface area (Å²) in [5, 5.41) is 8.04. The van der Waals surface area contributed by atoms with Gasteiger partial charge in [0.25, 0.3) is 0 Å². The highest BCUT2D eigenvalue weighted by Gasteiger charge is 2.20. The highest BCUT2D eigenvalue weighted by atomic mass is 15.3. The van der Waals surface area contributed by atoms with E-state index >= 15 is 0 Å². The molecule has 3 nitrogen and oxygen atoms in total. The predicted molar refractivity (Wildman–Crippen MR) is 73.0 cm³/mol. The number of nitrogens with one attached hydrogen (secondary N) is 1. The summed E-state index contributed by atoms with van der Waals surface area (Å²) in [4.78, 5) is 0. The van der Waals surface area contributed by atoms with E-state index in [4.69, 9.17) is 0 Å². The van der Waals surface area contributed by atoms with Crippen LogP contribution < -0.4 is 5.32 Å². The molecule has 0 fully saturated rings. The molecule has 98 valence electrons. The Morgan fingerprint density at radius 1 is 1.29 bits per heavy atom. The van der Waals surface area contributed by atoms with Crippen LogP contribution in [0.5, 0.6) is 0 Å². The monoisotopic (exact) mass is 237 g/mol. The second-order valence-corrected chi connectivity index (χ2v) is 4.78. The molecule has 0 aliphatic carbocycles. The number of aromatic nitrogens is 2. The maximum absolute atomic E-state index is 4.43. The third kappa shape index (κ3) is 3.84. The summed E-state index contributed by atoms with van der Waals surface area (Å²) in [5.74, 6) is 0.659. The van der Waals surface area contributed by atoms with Gasteiger partial charge in [0.05, 0.1) is 11.7 Å². The Labute approximate surface area is 106 Å². The lowest BCUT2D eigenvalue weighted by Crippen LogP contribution is -2.29. The second kappa shape index (κ2) is 7.49. The molecular formula is C14H27N3. The summed E-state index contributed by atoms with van der Waals surface area (Å²) < 4.78 is 2.15. The zero-order chi connectivity index (χ0) is 12.7. The number of hydrogen-bond donors (Lipinski definition) is 1. The van der Waals surface area contributed by atoms with Crippen LogP contribution in [-0.4, -0.2) is 16.3 Å². The molecule has 1 aromatic heterocycles. The average Bonchev–Trinajstić information content (AvgIpc) is 2.75. The summed E-state index contributed by atoms with van der Waals surface area (Å²) in [6, 6.07) is 2.60. The Hall–Kier alpha value is -0.830. The highest BCUT2D eigenvalue weighted by Crippen LogP contribution is 2.25. The number of aryl methyl sites for hydroxylation is 1. The van der Waals surface area contributed by atoms with Gasteiger partial charge in [-0.15, -0.1) is 0 Å². The molecule has 0 aliphatic rings. The lowest BCUT2D eigenvalue weighted by molar-refractivity contribution is 0.346. The quantitative estimate of drug-likeness (QED) is 0.751. The van der Waals surface area contributed by atoms with E-state index in [9.17, 15) is 0 Å². The summed E-state index contributed by atoms with van der Waals surface area (Å²) in [5.41, 5.74) is 1.34. The zero-order valence-corrected chi connectivity index (χ0v) is 11.7. The fraction of sp³-hybridized carbons (Fsp3) is 0.786. The lowest BCUT2D eigenvalue weighted by atomic mass is 9.94. The molecule has 0 radical (unpaired) electrons. The fourth-order valence-corrected chi connectivity index (χ4v) is 2.44. The molecule has 17 heavy (non-hydrogen) atoms. The van der Waals surface area contributed by atoms with E-state index in [1.807, 2.05) is 6.20 Å². The van der Waals surface area contributed by atoms with Crippen LogP contribution in [0.2, 0.25) is 0 Å². The average molecular weight is 237 g/mol. The van der Waals surface area contributed by atoms with Crippen molar-refractivity contribution in [2.75, 3.05) is 6.54 Å². The van der Waals surface area contributed by atoms with Crippen LogP contribution in [0.1, 0.15) is 58.7 Å².